The first-order chi connectivity index (χ1) is 5.79. The highest BCUT2D eigenvalue weighted by Gasteiger charge is 2.43. The van der Waals surface area contributed by atoms with Gasteiger partial charge in [0.2, 0.25) is 0 Å². The molecule has 0 heterocycles. The Kier molecular flexibility index (Phi) is 2.82. The lowest BCUT2D eigenvalue weighted by Crippen LogP contribution is -2.10. The lowest BCUT2D eigenvalue weighted by Gasteiger charge is -2.13. The van der Waals surface area contributed by atoms with Crippen molar-refractivity contribution in [1.82, 2.24) is 0 Å². The van der Waals surface area contributed by atoms with Crippen molar-refractivity contribution in [2.24, 2.45) is 16.1 Å². The second-order valence-electron chi connectivity index (χ2n) is 3.29. The molecule has 1 aliphatic carbocycles. The molecule has 2 heteroatoms. The molecule has 12 heavy (non-hydrogen) atoms. The first-order valence-corrected chi connectivity index (χ1v) is 4.28. The molecule has 1 saturated carbocycles. The maximum Gasteiger partial charge on any atom is 0.0298 e. The molecule has 0 aromatic heterocycles. The van der Waals surface area contributed by atoms with Gasteiger partial charge in [0.15, 0.2) is 0 Å². The topological polar surface area (TPSA) is 38.4 Å². The SMILES string of the molecule is C=C/C(=C\N=C)C1(CCN)CC1. The molecule has 0 unspecified atom stereocenters. The highest BCUT2D eigenvalue weighted by Crippen LogP contribution is 2.54. The summed E-state index contributed by atoms with van der Waals surface area (Å²) in [5.41, 5.74) is 7.04. The van der Waals surface area contributed by atoms with E-state index >= 15 is 0 Å². The van der Waals surface area contributed by atoms with Crippen LogP contribution in [0.5, 0.6) is 0 Å². The summed E-state index contributed by atoms with van der Waals surface area (Å²) in [7, 11) is 0. The van der Waals surface area contributed by atoms with Gasteiger partial charge in [0.05, 0.1) is 0 Å². The van der Waals surface area contributed by atoms with Crippen molar-refractivity contribution < 1.29 is 0 Å². The normalized spacial score (nSPS) is 20.2. The summed E-state index contributed by atoms with van der Waals surface area (Å²) in [6, 6.07) is 0. The molecule has 2 N–H and O–H groups in total. The monoisotopic (exact) mass is 164 g/mol. The lowest BCUT2D eigenvalue weighted by molar-refractivity contribution is 0.568. The van der Waals surface area contributed by atoms with Crippen LogP contribution in [0.3, 0.4) is 0 Å². The number of aliphatic imine (C=N–C) groups is 1. The first kappa shape index (κ1) is 9.20. The molecular weight excluding hydrogens is 148 g/mol. The summed E-state index contributed by atoms with van der Waals surface area (Å²) in [6.07, 6.45) is 7.16. The molecular formula is C10H16N2. The smallest absolute Gasteiger partial charge is 0.0298 e. The number of nitrogens with two attached hydrogens (primary N) is 1. The van der Waals surface area contributed by atoms with Crippen molar-refractivity contribution in [3.8, 4) is 0 Å². The van der Waals surface area contributed by atoms with E-state index in [0.717, 1.165) is 13.0 Å². The van der Waals surface area contributed by atoms with E-state index in [9.17, 15) is 0 Å². The second-order valence-corrected chi connectivity index (χ2v) is 3.29. The van der Waals surface area contributed by atoms with Crippen molar-refractivity contribution in [2.75, 3.05) is 6.54 Å². The Morgan fingerprint density at radius 2 is 2.25 bits per heavy atom. The van der Waals surface area contributed by atoms with Crippen LogP contribution in [-0.2, 0) is 0 Å². The summed E-state index contributed by atoms with van der Waals surface area (Å²) in [4.78, 5) is 3.77. The fourth-order valence-corrected chi connectivity index (χ4v) is 1.61. The second kappa shape index (κ2) is 3.68. The van der Waals surface area contributed by atoms with Gasteiger partial charge in [-0.25, -0.2) is 0 Å². The van der Waals surface area contributed by atoms with Crippen LogP contribution in [0.4, 0.5) is 0 Å². The maximum absolute atomic E-state index is 5.54. The van der Waals surface area contributed by atoms with Gasteiger partial charge in [-0.2, -0.15) is 0 Å². The van der Waals surface area contributed by atoms with E-state index in [2.05, 4.69) is 18.3 Å². The third kappa shape index (κ3) is 1.64. The molecule has 0 amide bonds. The summed E-state index contributed by atoms with van der Waals surface area (Å²) < 4.78 is 0. The first-order valence-electron chi connectivity index (χ1n) is 4.28. The van der Waals surface area contributed by atoms with Crippen LogP contribution in [0.25, 0.3) is 0 Å². The Hall–Kier alpha value is -0.890. The minimum absolute atomic E-state index is 0.303. The van der Waals surface area contributed by atoms with E-state index in [1.165, 1.54) is 18.4 Å². The quantitative estimate of drug-likeness (QED) is 0.489. The molecule has 1 fully saturated rings. The largest absolute Gasteiger partial charge is 0.330 e. The molecule has 1 aliphatic rings. The lowest BCUT2D eigenvalue weighted by atomic mass is 9.93. The average molecular weight is 164 g/mol. The number of nitrogens with zero attached hydrogens (tertiary/aromatic N) is 1. The number of hydrogen-bond acceptors (Lipinski definition) is 2. The van der Waals surface area contributed by atoms with E-state index in [4.69, 9.17) is 5.73 Å². The summed E-state index contributed by atoms with van der Waals surface area (Å²) in [5, 5.41) is 0. The molecule has 0 atom stereocenters. The standard InChI is InChI=1S/C10H16N2/c1-3-9(8-12-2)10(4-5-10)6-7-11/h3,8H,1-2,4-7,11H2/b9-8+. The third-order valence-corrected chi connectivity index (χ3v) is 2.54. The molecule has 66 valence electrons. The minimum atomic E-state index is 0.303. The fraction of sp³-hybridized carbons (Fsp3) is 0.500. The van der Waals surface area contributed by atoms with Crippen molar-refractivity contribution in [2.45, 2.75) is 19.3 Å². The van der Waals surface area contributed by atoms with Gasteiger partial charge >= 0.3 is 0 Å². The predicted octanol–water partition coefficient (Wildman–Crippen LogP) is 1.89. The molecule has 0 aliphatic heterocycles. The van der Waals surface area contributed by atoms with E-state index in [1.807, 2.05) is 6.08 Å². The number of allylic oxidation sites excluding steroid dienone is 2. The van der Waals surface area contributed by atoms with Crippen LogP contribution >= 0.6 is 0 Å². The fourth-order valence-electron chi connectivity index (χ4n) is 1.61. The number of hydrogen-bond donors (Lipinski definition) is 1. The Labute approximate surface area is 73.9 Å². The average Bonchev–Trinajstić information content (AvgIpc) is 2.82. The highest BCUT2D eigenvalue weighted by molar-refractivity contribution is 5.34. The zero-order valence-electron chi connectivity index (χ0n) is 7.42. The molecule has 0 aromatic carbocycles. The van der Waals surface area contributed by atoms with E-state index in [-0.39, 0.29) is 0 Å². The zero-order valence-corrected chi connectivity index (χ0v) is 7.42. The Balaban J connectivity index is 2.71. The van der Waals surface area contributed by atoms with Crippen LogP contribution in [0.2, 0.25) is 0 Å². The summed E-state index contributed by atoms with van der Waals surface area (Å²) in [5.74, 6) is 0. The van der Waals surface area contributed by atoms with Gasteiger partial charge in [-0.1, -0.05) is 12.7 Å². The summed E-state index contributed by atoms with van der Waals surface area (Å²) >= 11 is 0. The molecule has 0 radical (unpaired) electrons. The molecule has 1 rings (SSSR count). The molecule has 0 bridgehead atoms. The number of rotatable bonds is 5. The van der Waals surface area contributed by atoms with Crippen molar-refractivity contribution in [3.05, 3.63) is 24.4 Å². The van der Waals surface area contributed by atoms with Gasteiger partial charge in [-0.15, -0.1) is 0 Å². The Morgan fingerprint density at radius 3 is 2.58 bits per heavy atom. The van der Waals surface area contributed by atoms with Gasteiger partial charge < -0.3 is 5.73 Å². The predicted molar refractivity (Wildman–Crippen MR) is 53.2 cm³/mol. The van der Waals surface area contributed by atoms with Crippen LogP contribution in [0.1, 0.15) is 19.3 Å². The van der Waals surface area contributed by atoms with E-state index in [0.29, 0.717) is 5.41 Å². The third-order valence-electron chi connectivity index (χ3n) is 2.54. The van der Waals surface area contributed by atoms with Crippen LogP contribution < -0.4 is 5.73 Å². The van der Waals surface area contributed by atoms with Gasteiger partial charge in [0.1, 0.15) is 0 Å². The summed E-state index contributed by atoms with van der Waals surface area (Å²) in [6.45, 7) is 7.95. The Morgan fingerprint density at radius 1 is 1.58 bits per heavy atom. The molecule has 0 aromatic rings. The highest BCUT2D eigenvalue weighted by atomic mass is 14.7. The van der Waals surface area contributed by atoms with Gasteiger partial charge in [-0.3, -0.25) is 4.99 Å². The van der Waals surface area contributed by atoms with Crippen LogP contribution in [0, 0.1) is 5.41 Å². The van der Waals surface area contributed by atoms with Crippen LogP contribution in [0.15, 0.2) is 29.4 Å². The molecule has 2 nitrogen and oxygen atoms in total. The van der Waals surface area contributed by atoms with Gasteiger partial charge in [0.25, 0.3) is 0 Å². The van der Waals surface area contributed by atoms with Crippen molar-refractivity contribution in [1.29, 1.82) is 0 Å². The van der Waals surface area contributed by atoms with Crippen molar-refractivity contribution >= 4 is 6.72 Å². The van der Waals surface area contributed by atoms with Crippen LogP contribution in [-0.4, -0.2) is 13.3 Å². The Bertz CT molecular complexity index is 212. The zero-order chi connectivity index (χ0) is 9.03. The van der Waals surface area contributed by atoms with Gasteiger partial charge in [0, 0.05) is 6.20 Å². The van der Waals surface area contributed by atoms with Gasteiger partial charge in [-0.05, 0) is 43.5 Å². The molecule has 0 saturated heterocycles. The van der Waals surface area contributed by atoms with E-state index in [1.54, 1.807) is 6.20 Å². The maximum atomic E-state index is 5.54. The molecule has 0 spiro atoms. The van der Waals surface area contributed by atoms with Crippen molar-refractivity contribution in [3.63, 3.8) is 0 Å². The van der Waals surface area contributed by atoms with E-state index < -0.39 is 0 Å². The minimum Gasteiger partial charge on any atom is -0.330 e.